The van der Waals surface area contributed by atoms with E-state index in [0.717, 1.165) is 5.69 Å². The number of nitrogens with zero attached hydrogens (tertiary/aromatic N) is 2. The van der Waals surface area contributed by atoms with Crippen molar-refractivity contribution in [2.24, 2.45) is 0 Å². The molecular weight excluding hydrogens is 262 g/mol. The molecule has 0 aromatic carbocycles. The fourth-order valence-corrected chi connectivity index (χ4v) is 1.76. The number of rotatable bonds is 7. The van der Waals surface area contributed by atoms with Gasteiger partial charge in [-0.2, -0.15) is 0 Å². The Labute approximate surface area is 117 Å². The van der Waals surface area contributed by atoms with Gasteiger partial charge in [0.25, 0.3) is 0 Å². The maximum Gasteiger partial charge on any atom is 0.318 e. The lowest BCUT2D eigenvalue weighted by Crippen LogP contribution is -2.44. The molecule has 1 aromatic rings. The van der Waals surface area contributed by atoms with Gasteiger partial charge in [-0.05, 0) is 27.2 Å². The van der Waals surface area contributed by atoms with Crippen LogP contribution in [0.1, 0.15) is 38.1 Å². The van der Waals surface area contributed by atoms with Gasteiger partial charge in [0.1, 0.15) is 0 Å². The molecule has 0 fully saturated rings. The van der Waals surface area contributed by atoms with Crippen molar-refractivity contribution in [2.75, 3.05) is 6.54 Å². The summed E-state index contributed by atoms with van der Waals surface area (Å²) in [5, 5.41) is 15.1. The summed E-state index contributed by atoms with van der Waals surface area (Å²) in [6.07, 6.45) is 0.486. The van der Waals surface area contributed by atoms with Crippen LogP contribution in [0.4, 0.5) is 4.79 Å². The van der Waals surface area contributed by atoms with E-state index in [1.54, 1.807) is 17.9 Å². The van der Waals surface area contributed by atoms with Gasteiger partial charge in [0.2, 0.25) is 0 Å². The summed E-state index contributed by atoms with van der Waals surface area (Å²) in [7, 11) is 0. The molecule has 2 amide bonds. The number of carbonyl (C=O) groups excluding carboxylic acids is 1. The zero-order valence-electron chi connectivity index (χ0n) is 12.0. The number of aryl methyl sites for hydroxylation is 1. The molecule has 0 aliphatic heterocycles. The minimum Gasteiger partial charge on any atom is -0.481 e. The van der Waals surface area contributed by atoms with Gasteiger partial charge in [0.15, 0.2) is 5.76 Å². The number of carboxylic acid groups (broad SMARTS) is 1. The van der Waals surface area contributed by atoms with Gasteiger partial charge < -0.3 is 19.8 Å². The van der Waals surface area contributed by atoms with Gasteiger partial charge in [0.05, 0.1) is 12.2 Å². The summed E-state index contributed by atoms with van der Waals surface area (Å²) in [5.74, 6) is -0.267. The molecule has 0 atom stereocenters. The molecule has 0 saturated heterocycles. The molecule has 7 nitrogen and oxygen atoms in total. The predicted octanol–water partition coefficient (Wildman–Crippen LogP) is 1.77. The summed E-state index contributed by atoms with van der Waals surface area (Å²) >= 11 is 0. The number of aliphatic carboxylic acids is 1. The highest BCUT2D eigenvalue weighted by Crippen LogP contribution is 2.05. The first-order valence-electron chi connectivity index (χ1n) is 6.58. The quantitative estimate of drug-likeness (QED) is 0.795. The Bertz CT molecular complexity index is 456. The average Bonchev–Trinajstić information content (AvgIpc) is 2.77. The first-order chi connectivity index (χ1) is 9.40. The summed E-state index contributed by atoms with van der Waals surface area (Å²) < 4.78 is 5.01. The highest BCUT2D eigenvalue weighted by atomic mass is 16.5. The second-order valence-corrected chi connectivity index (χ2v) is 4.88. The Balaban J connectivity index is 2.45. The van der Waals surface area contributed by atoms with Crippen molar-refractivity contribution in [1.29, 1.82) is 0 Å². The molecule has 0 aliphatic carbocycles. The molecule has 0 radical (unpaired) electrons. The van der Waals surface area contributed by atoms with E-state index < -0.39 is 5.97 Å². The number of amides is 2. The maximum atomic E-state index is 12.0. The van der Waals surface area contributed by atoms with Crippen LogP contribution in [0.3, 0.4) is 0 Å². The lowest BCUT2D eigenvalue weighted by Gasteiger charge is -2.26. The van der Waals surface area contributed by atoms with Gasteiger partial charge in [-0.1, -0.05) is 5.16 Å². The van der Waals surface area contributed by atoms with Crippen LogP contribution in [0.15, 0.2) is 10.6 Å². The molecule has 1 rings (SSSR count). The number of hydrogen-bond donors (Lipinski definition) is 2. The fourth-order valence-electron chi connectivity index (χ4n) is 1.76. The Morgan fingerprint density at radius 3 is 2.70 bits per heavy atom. The average molecular weight is 283 g/mol. The highest BCUT2D eigenvalue weighted by molar-refractivity contribution is 5.74. The SMILES string of the molecule is Cc1cc(CNC(=O)N(CCCC(=O)O)C(C)C)on1. The predicted molar refractivity (Wildman–Crippen MR) is 72.2 cm³/mol. The fraction of sp³-hybridized carbons (Fsp3) is 0.615. The van der Waals surface area contributed by atoms with Crippen molar-refractivity contribution in [3.05, 3.63) is 17.5 Å². The molecule has 2 N–H and O–H groups in total. The molecule has 1 heterocycles. The van der Waals surface area contributed by atoms with Crippen LogP contribution >= 0.6 is 0 Å². The van der Waals surface area contributed by atoms with Crippen molar-refractivity contribution in [2.45, 2.75) is 46.2 Å². The van der Waals surface area contributed by atoms with Crippen molar-refractivity contribution in [1.82, 2.24) is 15.4 Å². The van der Waals surface area contributed by atoms with E-state index >= 15 is 0 Å². The number of urea groups is 1. The number of hydrogen-bond acceptors (Lipinski definition) is 4. The van der Waals surface area contributed by atoms with Gasteiger partial charge in [-0.15, -0.1) is 0 Å². The standard InChI is InChI=1S/C13H21N3O4/c1-9(2)16(6-4-5-12(17)18)13(19)14-8-11-7-10(3)15-20-11/h7,9H,4-6,8H2,1-3H3,(H,14,19)(H,17,18). The smallest absolute Gasteiger partial charge is 0.318 e. The van der Waals surface area contributed by atoms with E-state index in [9.17, 15) is 9.59 Å². The third-order valence-corrected chi connectivity index (χ3v) is 2.76. The van der Waals surface area contributed by atoms with E-state index in [2.05, 4.69) is 10.5 Å². The summed E-state index contributed by atoms with van der Waals surface area (Å²) in [6.45, 7) is 6.26. The number of carboxylic acids is 1. The number of aromatic nitrogens is 1. The van der Waals surface area contributed by atoms with E-state index in [0.29, 0.717) is 18.7 Å². The van der Waals surface area contributed by atoms with Gasteiger partial charge in [0, 0.05) is 25.1 Å². The van der Waals surface area contributed by atoms with Gasteiger partial charge in [-0.25, -0.2) is 4.79 Å². The van der Waals surface area contributed by atoms with E-state index in [1.165, 1.54) is 0 Å². The van der Waals surface area contributed by atoms with Crippen molar-refractivity contribution in [3.8, 4) is 0 Å². The van der Waals surface area contributed by atoms with Crippen molar-refractivity contribution < 1.29 is 19.2 Å². The molecule has 7 heteroatoms. The Morgan fingerprint density at radius 1 is 1.50 bits per heavy atom. The van der Waals surface area contributed by atoms with Crippen LogP contribution in [-0.4, -0.2) is 39.8 Å². The van der Waals surface area contributed by atoms with E-state index in [4.69, 9.17) is 9.63 Å². The molecule has 0 aliphatic rings. The lowest BCUT2D eigenvalue weighted by atomic mass is 10.2. The normalized spacial score (nSPS) is 10.6. The zero-order chi connectivity index (χ0) is 15.1. The van der Waals surface area contributed by atoms with E-state index in [1.807, 2.05) is 13.8 Å². The van der Waals surface area contributed by atoms with Crippen LogP contribution in [0.25, 0.3) is 0 Å². The van der Waals surface area contributed by atoms with Crippen LogP contribution in [0.2, 0.25) is 0 Å². The minimum absolute atomic E-state index is 0.000238. The first-order valence-corrected chi connectivity index (χ1v) is 6.58. The Morgan fingerprint density at radius 2 is 2.20 bits per heavy atom. The molecule has 112 valence electrons. The maximum absolute atomic E-state index is 12.0. The second kappa shape index (κ2) is 7.52. The van der Waals surface area contributed by atoms with Crippen LogP contribution in [0.5, 0.6) is 0 Å². The van der Waals surface area contributed by atoms with E-state index in [-0.39, 0.29) is 25.0 Å². The molecule has 0 unspecified atom stereocenters. The van der Waals surface area contributed by atoms with Crippen LogP contribution < -0.4 is 5.32 Å². The monoisotopic (exact) mass is 283 g/mol. The molecule has 0 spiro atoms. The van der Waals surface area contributed by atoms with Crippen molar-refractivity contribution >= 4 is 12.0 Å². The molecule has 20 heavy (non-hydrogen) atoms. The van der Waals surface area contributed by atoms with Crippen molar-refractivity contribution in [3.63, 3.8) is 0 Å². The molecular formula is C13H21N3O4. The topological polar surface area (TPSA) is 95.7 Å². The molecule has 1 aromatic heterocycles. The zero-order valence-corrected chi connectivity index (χ0v) is 12.0. The summed E-state index contributed by atoms with van der Waals surface area (Å²) in [4.78, 5) is 24.1. The third-order valence-electron chi connectivity index (χ3n) is 2.76. The Hall–Kier alpha value is -2.05. The number of nitrogens with one attached hydrogen (secondary N) is 1. The second-order valence-electron chi connectivity index (χ2n) is 4.88. The number of carbonyl (C=O) groups is 2. The van der Waals surface area contributed by atoms with Gasteiger partial charge >= 0.3 is 12.0 Å². The Kier molecular flexibility index (Phi) is 6.02. The molecule has 0 saturated carbocycles. The van der Waals surface area contributed by atoms with Gasteiger partial charge in [-0.3, -0.25) is 4.79 Å². The lowest BCUT2D eigenvalue weighted by molar-refractivity contribution is -0.137. The molecule has 0 bridgehead atoms. The minimum atomic E-state index is -0.855. The summed E-state index contributed by atoms with van der Waals surface area (Å²) in [5.41, 5.74) is 0.761. The summed E-state index contributed by atoms with van der Waals surface area (Å²) in [6, 6.07) is 1.52. The largest absolute Gasteiger partial charge is 0.481 e. The van der Waals surface area contributed by atoms with Crippen LogP contribution in [0, 0.1) is 6.92 Å². The highest BCUT2D eigenvalue weighted by Gasteiger charge is 2.17. The third kappa shape index (κ3) is 5.29. The first kappa shape index (κ1) is 16.0. The van der Waals surface area contributed by atoms with Crippen LogP contribution in [-0.2, 0) is 11.3 Å².